The van der Waals surface area contributed by atoms with E-state index in [4.69, 9.17) is 0 Å². The first-order valence-corrected chi connectivity index (χ1v) is 18.0. The maximum atomic E-state index is 14.5. The first-order chi connectivity index (χ1) is 22.1. The molecule has 222 valence electrons. The lowest BCUT2D eigenvalue weighted by Gasteiger charge is -2.29. The second-order valence-electron chi connectivity index (χ2n) is 10.5. The summed E-state index contributed by atoms with van der Waals surface area (Å²) in [7, 11) is -2.50. The minimum absolute atomic E-state index is 0.201. The molecule has 3 atom stereocenters. The van der Waals surface area contributed by atoms with Crippen LogP contribution in [0.5, 0.6) is 0 Å². The highest BCUT2D eigenvalue weighted by molar-refractivity contribution is 9.10. The summed E-state index contributed by atoms with van der Waals surface area (Å²) in [6.07, 6.45) is 0. The molecule has 0 fully saturated rings. The summed E-state index contributed by atoms with van der Waals surface area (Å²) in [5.41, 5.74) is 2.38. The summed E-state index contributed by atoms with van der Waals surface area (Å²) < 4.78 is 15.4. The molecule has 6 aromatic carbocycles. The Morgan fingerprint density at radius 3 is 1.60 bits per heavy atom. The molecule has 3 nitrogen and oxygen atoms in total. The number of carbonyl (C=O) groups is 1. The Morgan fingerprint density at radius 2 is 1.04 bits per heavy atom. The highest BCUT2D eigenvalue weighted by atomic mass is 79.9. The van der Waals surface area contributed by atoms with Crippen LogP contribution in [0.1, 0.15) is 32.8 Å². The third-order valence-electron chi connectivity index (χ3n) is 7.57. The van der Waals surface area contributed by atoms with Crippen LogP contribution in [-0.2, 0) is 10.8 Å². The maximum absolute atomic E-state index is 14.5. The Morgan fingerprint density at radius 1 is 0.578 bits per heavy atom. The monoisotopic (exact) mass is 687 g/mol. The van der Waals surface area contributed by atoms with Crippen LogP contribution in [0.25, 0.3) is 0 Å². The van der Waals surface area contributed by atoms with Gasteiger partial charge in [0, 0.05) is 14.9 Å². The molecule has 0 radical (unpaired) electrons. The highest BCUT2D eigenvalue weighted by Gasteiger charge is 2.33. The van der Waals surface area contributed by atoms with E-state index in [2.05, 4.69) is 51.6 Å². The summed E-state index contributed by atoms with van der Waals surface area (Å²) in [5.74, 6) is -0.201. The lowest BCUT2D eigenvalue weighted by molar-refractivity contribution is 0.0937. The van der Waals surface area contributed by atoms with Crippen LogP contribution < -0.4 is 21.2 Å². The van der Waals surface area contributed by atoms with Gasteiger partial charge in [0.1, 0.15) is 0 Å². The second kappa shape index (κ2) is 14.8. The zero-order valence-corrected chi connectivity index (χ0v) is 27.7. The Labute approximate surface area is 276 Å². The lowest BCUT2D eigenvalue weighted by Crippen LogP contribution is -2.37. The van der Waals surface area contributed by atoms with Gasteiger partial charge >= 0.3 is 0 Å². The van der Waals surface area contributed by atoms with Crippen LogP contribution in [-0.4, -0.2) is 10.1 Å². The van der Waals surface area contributed by atoms with Gasteiger partial charge in [-0.2, -0.15) is 0 Å². The van der Waals surface area contributed by atoms with Crippen molar-refractivity contribution >= 4 is 56.5 Å². The van der Waals surface area contributed by atoms with Crippen molar-refractivity contribution in [2.75, 3.05) is 0 Å². The van der Waals surface area contributed by atoms with Crippen LogP contribution in [0.4, 0.5) is 0 Å². The fourth-order valence-corrected chi connectivity index (χ4v) is 9.74. The molecule has 6 rings (SSSR count). The largest absolute Gasteiger partial charge is 0.344 e. The molecule has 1 amide bonds. The van der Waals surface area contributed by atoms with Gasteiger partial charge in [-0.15, -0.1) is 0 Å². The first-order valence-electron chi connectivity index (χ1n) is 14.7. The molecule has 0 heterocycles. The number of nitrogens with one attached hydrogen (secondary N) is 1. The number of halogens is 1. The first kappa shape index (κ1) is 30.9. The van der Waals surface area contributed by atoms with E-state index < -0.39 is 30.0 Å². The molecule has 1 N–H and O–H groups in total. The van der Waals surface area contributed by atoms with Crippen LogP contribution >= 0.6 is 23.9 Å². The Hall–Kier alpha value is -4.15. The van der Waals surface area contributed by atoms with Gasteiger partial charge in [0.25, 0.3) is 5.91 Å². The minimum atomic E-state index is -1.49. The van der Waals surface area contributed by atoms with E-state index in [-0.39, 0.29) is 5.91 Å². The van der Waals surface area contributed by atoms with Gasteiger partial charge in [-0.25, -0.2) is 0 Å². The average molecular weight is 689 g/mol. The molecule has 0 saturated heterocycles. The topological polar surface area (TPSA) is 46.2 Å². The molecule has 0 spiro atoms. The van der Waals surface area contributed by atoms with E-state index >= 15 is 0 Å². The number of benzene rings is 6. The van der Waals surface area contributed by atoms with Crippen molar-refractivity contribution in [2.24, 2.45) is 0 Å². The molecule has 0 aromatic heterocycles. The number of hydrogen-bond acceptors (Lipinski definition) is 2. The smallest absolute Gasteiger partial charge is 0.252 e. The number of amides is 1. The Kier molecular flexibility index (Phi) is 10.1. The molecule has 6 aromatic rings. The third kappa shape index (κ3) is 7.23. The average Bonchev–Trinajstić information content (AvgIpc) is 3.10. The molecule has 0 aliphatic rings. The Balaban J connectivity index is 1.45. The number of hydrogen-bond donors (Lipinski definition) is 1. The van der Waals surface area contributed by atoms with E-state index in [0.717, 1.165) is 31.5 Å². The van der Waals surface area contributed by atoms with E-state index in [1.807, 2.05) is 140 Å². The normalized spacial score (nSPS) is 13.1. The van der Waals surface area contributed by atoms with E-state index in [1.165, 1.54) is 0 Å². The van der Waals surface area contributed by atoms with Crippen LogP contribution in [0.2, 0.25) is 0 Å². The quantitative estimate of drug-likeness (QED) is 0.148. The van der Waals surface area contributed by atoms with Crippen molar-refractivity contribution in [1.29, 1.82) is 0 Å². The predicted molar refractivity (Wildman–Crippen MR) is 192 cm³/mol. The standard InChI is InChI=1S/C39H31BrNO2PS/c40-31-25-27-34(28-26-31)45(43)38(30-17-7-2-8-18-30)37(29-15-5-1-6-16-29)41-39(42)35-23-13-14-24-36(35)44(32-19-9-3-10-20-32)33-21-11-4-12-22-33/h1-28,37-38H,(H,41,42). The summed E-state index contributed by atoms with van der Waals surface area (Å²) >= 11 is 3.50. The summed E-state index contributed by atoms with van der Waals surface area (Å²) in [6.45, 7) is 0. The molecule has 0 bridgehead atoms. The molecule has 0 saturated carbocycles. The Bertz CT molecular complexity index is 1830. The molecular formula is C39H31BrNO2PS. The maximum Gasteiger partial charge on any atom is 0.252 e. The molecule has 6 heteroatoms. The van der Waals surface area contributed by atoms with Gasteiger partial charge in [-0.05, 0) is 65.3 Å². The fourth-order valence-electron chi connectivity index (χ4n) is 5.45. The van der Waals surface area contributed by atoms with Crippen molar-refractivity contribution in [3.05, 3.63) is 191 Å². The minimum Gasteiger partial charge on any atom is -0.344 e. The molecule has 3 unspecified atom stereocenters. The van der Waals surface area contributed by atoms with Crippen molar-refractivity contribution < 1.29 is 9.00 Å². The van der Waals surface area contributed by atoms with E-state index in [0.29, 0.717) is 10.5 Å². The molecule has 0 aliphatic carbocycles. The van der Waals surface area contributed by atoms with Gasteiger partial charge in [0.2, 0.25) is 0 Å². The van der Waals surface area contributed by atoms with Crippen molar-refractivity contribution in [3.63, 3.8) is 0 Å². The fraction of sp³-hybridized carbons (Fsp3) is 0.0513. The zero-order chi connectivity index (χ0) is 31.0. The van der Waals surface area contributed by atoms with Crippen molar-refractivity contribution in [1.82, 2.24) is 5.32 Å². The summed E-state index contributed by atoms with van der Waals surface area (Å²) in [4.78, 5) is 15.2. The SMILES string of the molecule is O=C(NC(c1ccccc1)C(c1ccccc1)S(=O)c1ccc(Br)cc1)c1ccccc1P(c1ccccc1)c1ccccc1. The zero-order valence-electron chi connectivity index (χ0n) is 24.4. The lowest BCUT2D eigenvalue weighted by atomic mass is 9.97. The van der Waals surface area contributed by atoms with Gasteiger partial charge in [0.05, 0.1) is 22.1 Å². The van der Waals surface area contributed by atoms with Crippen molar-refractivity contribution in [2.45, 2.75) is 16.2 Å². The van der Waals surface area contributed by atoms with Gasteiger partial charge in [-0.1, -0.05) is 155 Å². The number of rotatable bonds is 10. The van der Waals surface area contributed by atoms with E-state index in [9.17, 15) is 9.00 Å². The predicted octanol–water partition coefficient (Wildman–Crippen LogP) is 8.23. The molecule has 0 aliphatic heterocycles. The van der Waals surface area contributed by atoms with Crippen LogP contribution in [0.15, 0.2) is 179 Å². The number of carbonyl (C=O) groups excluding carboxylic acids is 1. The van der Waals surface area contributed by atoms with Gasteiger partial charge in [-0.3, -0.25) is 9.00 Å². The van der Waals surface area contributed by atoms with Gasteiger partial charge in [0.15, 0.2) is 0 Å². The van der Waals surface area contributed by atoms with Gasteiger partial charge < -0.3 is 5.32 Å². The third-order valence-corrected chi connectivity index (χ3v) is 12.3. The van der Waals surface area contributed by atoms with E-state index in [1.54, 1.807) is 0 Å². The van der Waals surface area contributed by atoms with Crippen LogP contribution in [0.3, 0.4) is 0 Å². The molecule has 45 heavy (non-hydrogen) atoms. The molecular weight excluding hydrogens is 657 g/mol. The second-order valence-corrected chi connectivity index (χ2v) is 15.1. The highest BCUT2D eigenvalue weighted by Crippen LogP contribution is 2.38. The van der Waals surface area contributed by atoms with Crippen LogP contribution in [0, 0.1) is 0 Å². The summed E-state index contributed by atoms with van der Waals surface area (Å²) in [6, 6.07) is 55.3. The van der Waals surface area contributed by atoms with Crippen molar-refractivity contribution in [3.8, 4) is 0 Å². The summed E-state index contributed by atoms with van der Waals surface area (Å²) in [5, 5.41) is 6.13.